The summed E-state index contributed by atoms with van der Waals surface area (Å²) in [4.78, 5) is 25.8. The second-order valence-electron chi connectivity index (χ2n) is 6.10. The van der Waals surface area contributed by atoms with Gasteiger partial charge in [0, 0.05) is 19.5 Å². The average molecular weight is 299 g/mol. The van der Waals surface area contributed by atoms with E-state index in [2.05, 4.69) is 19.2 Å². The Morgan fingerprint density at radius 2 is 1.86 bits per heavy atom. The van der Waals surface area contributed by atoms with Crippen molar-refractivity contribution in [1.82, 2.24) is 10.2 Å². The lowest BCUT2D eigenvalue weighted by Gasteiger charge is -2.24. The molecule has 0 aliphatic rings. The fraction of sp³-hybridized carbons (Fsp3) is 0.875. The molecule has 0 heterocycles. The molecular weight excluding hydrogens is 266 g/mol. The van der Waals surface area contributed by atoms with Gasteiger partial charge >= 0.3 is 0 Å². The van der Waals surface area contributed by atoms with E-state index in [1.54, 1.807) is 4.90 Å². The summed E-state index contributed by atoms with van der Waals surface area (Å²) in [5.41, 5.74) is 5.76. The minimum atomic E-state index is -0.0770. The smallest absolute Gasteiger partial charge is 0.239 e. The first-order chi connectivity index (χ1) is 9.94. The lowest BCUT2D eigenvalue weighted by atomic mass is 9.93. The monoisotopic (exact) mass is 299 g/mol. The van der Waals surface area contributed by atoms with Gasteiger partial charge in [0.05, 0.1) is 6.54 Å². The summed E-state index contributed by atoms with van der Waals surface area (Å²) in [6.45, 7) is 10.2. The van der Waals surface area contributed by atoms with Crippen LogP contribution in [0.1, 0.15) is 53.4 Å². The Morgan fingerprint density at radius 3 is 2.33 bits per heavy atom. The van der Waals surface area contributed by atoms with E-state index in [1.165, 1.54) is 0 Å². The maximum atomic E-state index is 12.4. The van der Waals surface area contributed by atoms with Gasteiger partial charge in [0.25, 0.3) is 0 Å². The molecule has 21 heavy (non-hydrogen) atoms. The van der Waals surface area contributed by atoms with Crippen molar-refractivity contribution in [2.24, 2.45) is 17.6 Å². The predicted octanol–water partition coefficient (Wildman–Crippen LogP) is 1.76. The quantitative estimate of drug-likeness (QED) is 0.610. The topological polar surface area (TPSA) is 75.4 Å². The lowest BCUT2D eigenvalue weighted by molar-refractivity contribution is -0.136. The Hall–Kier alpha value is -1.10. The van der Waals surface area contributed by atoms with E-state index in [1.807, 2.05) is 13.8 Å². The molecule has 0 aromatic carbocycles. The summed E-state index contributed by atoms with van der Waals surface area (Å²) in [5, 5.41) is 2.82. The molecule has 124 valence electrons. The first kappa shape index (κ1) is 19.9. The van der Waals surface area contributed by atoms with E-state index in [4.69, 9.17) is 5.73 Å². The standard InChI is InChI=1S/C16H33N3O2/c1-5-7-18-15(20)12-19(8-6-2)16(21)10-14(11-17)9-13(3)4/h13-14H,5-12,17H2,1-4H3,(H,18,20)/t14-/m0/s1. The van der Waals surface area contributed by atoms with Crippen LogP contribution in [0.3, 0.4) is 0 Å². The molecule has 0 spiro atoms. The van der Waals surface area contributed by atoms with Gasteiger partial charge in [-0.3, -0.25) is 9.59 Å². The molecule has 0 unspecified atom stereocenters. The third-order valence-electron chi connectivity index (χ3n) is 3.35. The second-order valence-corrected chi connectivity index (χ2v) is 6.10. The highest BCUT2D eigenvalue weighted by Crippen LogP contribution is 2.15. The molecule has 2 amide bonds. The molecule has 3 N–H and O–H groups in total. The van der Waals surface area contributed by atoms with Crippen LogP contribution in [0.2, 0.25) is 0 Å². The first-order valence-electron chi connectivity index (χ1n) is 8.19. The van der Waals surface area contributed by atoms with Gasteiger partial charge < -0.3 is 16.0 Å². The second kappa shape index (κ2) is 11.5. The molecule has 0 fully saturated rings. The number of rotatable bonds is 11. The fourth-order valence-electron chi connectivity index (χ4n) is 2.36. The largest absolute Gasteiger partial charge is 0.355 e. The van der Waals surface area contributed by atoms with Crippen molar-refractivity contribution in [3.8, 4) is 0 Å². The number of hydrogen-bond acceptors (Lipinski definition) is 3. The third-order valence-corrected chi connectivity index (χ3v) is 3.35. The van der Waals surface area contributed by atoms with E-state index in [0.717, 1.165) is 19.3 Å². The van der Waals surface area contributed by atoms with Gasteiger partial charge in [-0.25, -0.2) is 0 Å². The van der Waals surface area contributed by atoms with Crippen molar-refractivity contribution >= 4 is 11.8 Å². The third kappa shape index (κ3) is 9.45. The Kier molecular flexibility index (Phi) is 10.9. The van der Waals surface area contributed by atoms with Crippen LogP contribution in [0.15, 0.2) is 0 Å². The number of hydrogen-bond donors (Lipinski definition) is 2. The zero-order valence-electron chi connectivity index (χ0n) is 14.2. The van der Waals surface area contributed by atoms with Crippen molar-refractivity contribution in [2.75, 3.05) is 26.2 Å². The van der Waals surface area contributed by atoms with Gasteiger partial charge in [0.15, 0.2) is 0 Å². The van der Waals surface area contributed by atoms with E-state index in [-0.39, 0.29) is 24.3 Å². The van der Waals surface area contributed by atoms with Gasteiger partial charge in [-0.05, 0) is 37.6 Å². The van der Waals surface area contributed by atoms with E-state index < -0.39 is 0 Å². The van der Waals surface area contributed by atoms with Crippen LogP contribution in [0.25, 0.3) is 0 Å². The highest BCUT2D eigenvalue weighted by Gasteiger charge is 2.20. The SMILES string of the molecule is CCCNC(=O)CN(CCC)C(=O)C[C@@H](CN)CC(C)C. The molecule has 0 aliphatic heterocycles. The molecule has 0 rings (SSSR count). The summed E-state index contributed by atoms with van der Waals surface area (Å²) >= 11 is 0. The highest BCUT2D eigenvalue weighted by atomic mass is 16.2. The summed E-state index contributed by atoms with van der Waals surface area (Å²) in [7, 11) is 0. The van der Waals surface area contributed by atoms with Crippen molar-refractivity contribution < 1.29 is 9.59 Å². The van der Waals surface area contributed by atoms with Crippen molar-refractivity contribution in [3.63, 3.8) is 0 Å². The van der Waals surface area contributed by atoms with E-state index in [9.17, 15) is 9.59 Å². The molecule has 0 aromatic rings. The normalized spacial score (nSPS) is 12.3. The van der Waals surface area contributed by atoms with Gasteiger partial charge in [-0.15, -0.1) is 0 Å². The minimum absolute atomic E-state index is 0.0413. The van der Waals surface area contributed by atoms with Gasteiger partial charge in [0.2, 0.25) is 11.8 Å². The van der Waals surface area contributed by atoms with Gasteiger partial charge in [-0.1, -0.05) is 27.7 Å². The molecule has 0 saturated carbocycles. The van der Waals surface area contributed by atoms with Crippen LogP contribution in [-0.4, -0.2) is 42.9 Å². The number of carbonyl (C=O) groups excluding carboxylic acids is 2. The summed E-state index contributed by atoms with van der Waals surface area (Å²) in [5.74, 6) is 0.695. The van der Waals surface area contributed by atoms with Crippen LogP contribution in [-0.2, 0) is 9.59 Å². The predicted molar refractivity (Wildman–Crippen MR) is 86.8 cm³/mol. The van der Waals surface area contributed by atoms with Crippen molar-refractivity contribution in [2.45, 2.75) is 53.4 Å². The summed E-state index contributed by atoms with van der Waals surface area (Å²) in [6, 6.07) is 0. The number of nitrogens with zero attached hydrogens (tertiary/aromatic N) is 1. The lowest BCUT2D eigenvalue weighted by Crippen LogP contribution is -2.42. The molecule has 0 aromatic heterocycles. The van der Waals surface area contributed by atoms with Crippen LogP contribution < -0.4 is 11.1 Å². The van der Waals surface area contributed by atoms with E-state index in [0.29, 0.717) is 32.0 Å². The molecule has 0 saturated heterocycles. The molecule has 0 bridgehead atoms. The zero-order chi connectivity index (χ0) is 16.3. The van der Waals surface area contributed by atoms with Gasteiger partial charge in [-0.2, -0.15) is 0 Å². The minimum Gasteiger partial charge on any atom is -0.355 e. The zero-order valence-corrected chi connectivity index (χ0v) is 14.2. The maximum Gasteiger partial charge on any atom is 0.239 e. The van der Waals surface area contributed by atoms with Crippen LogP contribution in [0, 0.1) is 11.8 Å². The molecule has 1 atom stereocenters. The first-order valence-corrected chi connectivity index (χ1v) is 8.19. The molecule has 5 nitrogen and oxygen atoms in total. The van der Waals surface area contributed by atoms with Crippen molar-refractivity contribution in [1.29, 1.82) is 0 Å². The van der Waals surface area contributed by atoms with Crippen LogP contribution >= 0.6 is 0 Å². The Bertz CT molecular complexity index is 306. The highest BCUT2D eigenvalue weighted by molar-refractivity contribution is 5.84. The number of nitrogens with two attached hydrogens (primary N) is 1. The summed E-state index contributed by atoms with van der Waals surface area (Å²) < 4.78 is 0. The van der Waals surface area contributed by atoms with E-state index >= 15 is 0 Å². The Morgan fingerprint density at radius 1 is 1.19 bits per heavy atom. The number of nitrogens with one attached hydrogen (secondary N) is 1. The van der Waals surface area contributed by atoms with Gasteiger partial charge in [0.1, 0.15) is 0 Å². The average Bonchev–Trinajstić information content (AvgIpc) is 2.43. The molecular formula is C16H33N3O2. The van der Waals surface area contributed by atoms with Crippen molar-refractivity contribution in [3.05, 3.63) is 0 Å². The fourth-order valence-corrected chi connectivity index (χ4v) is 2.36. The Labute approximate surface area is 129 Å². The number of amides is 2. The summed E-state index contributed by atoms with van der Waals surface area (Å²) in [6.07, 6.45) is 3.14. The maximum absolute atomic E-state index is 12.4. The van der Waals surface area contributed by atoms with Crippen LogP contribution in [0.5, 0.6) is 0 Å². The number of carbonyl (C=O) groups is 2. The van der Waals surface area contributed by atoms with Crippen LogP contribution in [0.4, 0.5) is 0 Å². The molecule has 5 heteroatoms. The molecule has 0 radical (unpaired) electrons. The molecule has 0 aliphatic carbocycles. The Balaban J connectivity index is 4.48.